The molecular formula is C16H33N3O. The van der Waals surface area contributed by atoms with Crippen LogP contribution in [0.2, 0.25) is 0 Å². The third-order valence-electron chi connectivity index (χ3n) is 4.52. The number of carbonyl (C=O) groups excluding carboxylic acids is 1. The summed E-state index contributed by atoms with van der Waals surface area (Å²) >= 11 is 0. The molecule has 1 saturated carbocycles. The minimum atomic E-state index is 0.161. The number of likely N-dealkylation sites (N-methyl/N-ethyl adjacent to an activating group) is 1. The molecule has 1 amide bonds. The van der Waals surface area contributed by atoms with Crippen molar-refractivity contribution in [2.24, 2.45) is 11.7 Å². The standard InChI is InChI=1S/C16H33N3O/c1-4-8-13(3)18-16(20)12-19(5-2)15-10-7-6-9-14(15)11-17/h13-15H,4-12,17H2,1-3H3,(H,18,20). The molecule has 1 fully saturated rings. The Hall–Kier alpha value is -0.610. The second kappa shape index (κ2) is 9.35. The Kier molecular flexibility index (Phi) is 8.15. The van der Waals surface area contributed by atoms with Crippen molar-refractivity contribution in [3.05, 3.63) is 0 Å². The molecule has 4 heteroatoms. The van der Waals surface area contributed by atoms with Crippen LogP contribution in [0, 0.1) is 5.92 Å². The van der Waals surface area contributed by atoms with Crippen LogP contribution in [0.1, 0.15) is 59.3 Å². The van der Waals surface area contributed by atoms with Gasteiger partial charge in [-0.05, 0) is 45.2 Å². The van der Waals surface area contributed by atoms with E-state index in [9.17, 15) is 4.79 Å². The molecular weight excluding hydrogens is 250 g/mol. The predicted molar refractivity (Wildman–Crippen MR) is 84.6 cm³/mol. The fraction of sp³-hybridized carbons (Fsp3) is 0.938. The lowest BCUT2D eigenvalue weighted by Gasteiger charge is -2.39. The summed E-state index contributed by atoms with van der Waals surface area (Å²) < 4.78 is 0. The number of rotatable bonds is 8. The van der Waals surface area contributed by atoms with Crippen LogP contribution in [-0.2, 0) is 4.79 Å². The molecule has 3 N–H and O–H groups in total. The van der Waals surface area contributed by atoms with Gasteiger partial charge >= 0.3 is 0 Å². The molecule has 0 aromatic carbocycles. The Labute approximate surface area is 124 Å². The SMILES string of the molecule is CCCC(C)NC(=O)CN(CC)C1CCCCC1CN. The molecule has 4 nitrogen and oxygen atoms in total. The van der Waals surface area contributed by atoms with Crippen molar-refractivity contribution in [3.8, 4) is 0 Å². The Bertz CT molecular complexity index is 283. The zero-order valence-electron chi connectivity index (χ0n) is 13.5. The lowest BCUT2D eigenvalue weighted by atomic mass is 9.83. The average Bonchev–Trinajstić information content (AvgIpc) is 2.45. The summed E-state index contributed by atoms with van der Waals surface area (Å²) in [5.74, 6) is 0.721. The number of carbonyl (C=O) groups is 1. The van der Waals surface area contributed by atoms with Crippen molar-refractivity contribution in [1.29, 1.82) is 0 Å². The minimum absolute atomic E-state index is 0.161. The summed E-state index contributed by atoms with van der Waals surface area (Å²) in [6, 6.07) is 0.772. The molecule has 118 valence electrons. The molecule has 0 bridgehead atoms. The molecule has 3 unspecified atom stereocenters. The van der Waals surface area contributed by atoms with Crippen molar-refractivity contribution in [1.82, 2.24) is 10.2 Å². The van der Waals surface area contributed by atoms with E-state index in [1.54, 1.807) is 0 Å². The van der Waals surface area contributed by atoms with Gasteiger partial charge in [-0.15, -0.1) is 0 Å². The third-order valence-corrected chi connectivity index (χ3v) is 4.52. The van der Waals surface area contributed by atoms with E-state index in [0.29, 0.717) is 18.5 Å². The molecule has 0 spiro atoms. The zero-order chi connectivity index (χ0) is 15.0. The second-order valence-corrected chi connectivity index (χ2v) is 6.17. The van der Waals surface area contributed by atoms with Crippen molar-refractivity contribution in [2.45, 2.75) is 71.4 Å². The van der Waals surface area contributed by atoms with Gasteiger partial charge in [0.05, 0.1) is 6.54 Å². The van der Waals surface area contributed by atoms with Crippen LogP contribution < -0.4 is 11.1 Å². The summed E-state index contributed by atoms with van der Waals surface area (Å²) in [5, 5.41) is 3.11. The maximum Gasteiger partial charge on any atom is 0.234 e. The van der Waals surface area contributed by atoms with Crippen LogP contribution in [0.5, 0.6) is 0 Å². The number of nitrogens with one attached hydrogen (secondary N) is 1. The van der Waals surface area contributed by atoms with Crippen LogP contribution >= 0.6 is 0 Å². The maximum atomic E-state index is 12.2. The van der Waals surface area contributed by atoms with E-state index in [1.807, 2.05) is 0 Å². The molecule has 0 saturated heterocycles. The summed E-state index contributed by atoms with van der Waals surface area (Å²) in [4.78, 5) is 14.5. The molecule has 0 aliphatic heterocycles. The lowest BCUT2D eigenvalue weighted by Crippen LogP contribution is -2.49. The maximum absolute atomic E-state index is 12.2. The van der Waals surface area contributed by atoms with Crippen molar-refractivity contribution in [2.75, 3.05) is 19.6 Å². The quantitative estimate of drug-likeness (QED) is 0.717. The van der Waals surface area contributed by atoms with Gasteiger partial charge in [0.25, 0.3) is 0 Å². The monoisotopic (exact) mass is 283 g/mol. The van der Waals surface area contributed by atoms with Crippen LogP contribution in [0.4, 0.5) is 0 Å². The fourth-order valence-electron chi connectivity index (χ4n) is 3.42. The highest BCUT2D eigenvalue weighted by Crippen LogP contribution is 2.27. The highest BCUT2D eigenvalue weighted by molar-refractivity contribution is 5.78. The van der Waals surface area contributed by atoms with E-state index in [4.69, 9.17) is 5.73 Å². The lowest BCUT2D eigenvalue weighted by molar-refractivity contribution is -0.123. The average molecular weight is 283 g/mol. The third kappa shape index (κ3) is 5.41. The first-order chi connectivity index (χ1) is 9.62. The van der Waals surface area contributed by atoms with E-state index in [0.717, 1.165) is 25.9 Å². The Morgan fingerprint density at radius 2 is 2.05 bits per heavy atom. The topological polar surface area (TPSA) is 58.4 Å². The number of nitrogens with zero attached hydrogens (tertiary/aromatic N) is 1. The van der Waals surface area contributed by atoms with Crippen molar-refractivity contribution in [3.63, 3.8) is 0 Å². The van der Waals surface area contributed by atoms with Gasteiger partial charge in [-0.1, -0.05) is 33.1 Å². The zero-order valence-corrected chi connectivity index (χ0v) is 13.5. The highest BCUT2D eigenvalue weighted by atomic mass is 16.2. The Balaban J connectivity index is 2.50. The van der Waals surface area contributed by atoms with Gasteiger partial charge < -0.3 is 11.1 Å². The second-order valence-electron chi connectivity index (χ2n) is 6.17. The van der Waals surface area contributed by atoms with Crippen LogP contribution in [0.15, 0.2) is 0 Å². The van der Waals surface area contributed by atoms with Gasteiger partial charge in [0.2, 0.25) is 5.91 Å². The first kappa shape index (κ1) is 17.4. The summed E-state index contributed by atoms with van der Waals surface area (Å²) in [6.45, 7) is 8.57. The molecule has 0 aromatic heterocycles. The molecule has 1 aliphatic rings. The van der Waals surface area contributed by atoms with E-state index in [-0.39, 0.29) is 11.9 Å². The van der Waals surface area contributed by atoms with Gasteiger partial charge in [-0.25, -0.2) is 0 Å². The molecule has 20 heavy (non-hydrogen) atoms. The van der Waals surface area contributed by atoms with E-state index < -0.39 is 0 Å². The smallest absolute Gasteiger partial charge is 0.234 e. The first-order valence-electron chi connectivity index (χ1n) is 8.35. The molecule has 3 atom stereocenters. The van der Waals surface area contributed by atoms with Gasteiger partial charge in [0.1, 0.15) is 0 Å². The minimum Gasteiger partial charge on any atom is -0.353 e. The summed E-state index contributed by atoms with van der Waals surface area (Å²) in [7, 11) is 0. The largest absolute Gasteiger partial charge is 0.353 e. The number of nitrogens with two attached hydrogens (primary N) is 1. The first-order valence-corrected chi connectivity index (χ1v) is 8.35. The van der Waals surface area contributed by atoms with Crippen LogP contribution in [-0.4, -0.2) is 42.5 Å². The van der Waals surface area contributed by atoms with Crippen LogP contribution in [0.3, 0.4) is 0 Å². The summed E-state index contributed by atoms with van der Waals surface area (Å²) in [5.41, 5.74) is 5.91. The van der Waals surface area contributed by atoms with Gasteiger partial charge in [0, 0.05) is 12.1 Å². The highest BCUT2D eigenvalue weighted by Gasteiger charge is 2.29. The van der Waals surface area contributed by atoms with E-state index >= 15 is 0 Å². The van der Waals surface area contributed by atoms with Gasteiger partial charge in [0.15, 0.2) is 0 Å². The predicted octanol–water partition coefficient (Wildman–Crippen LogP) is 2.13. The van der Waals surface area contributed by atoms with E-state index in [1.165, 1.54) is 25.7 Å². The molecule has 0 heterocycles. The van der Waals surface area contributed by atoms with Gasteiger partial charge in [-0.2, -0.15) is 0 Å². The van der Waals surface area contributed by atoms with Crippen LogP contribution in [0.25, 0.3) is 0 Å². The Morgan fingerprint density at radius 3 is 2.65 bits per heavy atom. The van der Waals surface area contributed by atoms with Gasteiger partial charge in [-0.3, -0.25) is 9.69 Å². The normalized spacial score (nSPS) is 24.6. The summed E-state index contributed by atoms with van der Waals surface area (Å²) in [6.07, 6.45) is 7.11. The number of hydrogen-bond donors (Lipinski definition) is 2. The van der Waals surface area contributed by atoms with Crippen molar-refractivity contribution < 1.29 is 4.79 Å². The Morgan fingerprint density at radius 1 is 1.35 bits per heavy atom. The number of hydrogen-bond acceptors (Lipinski definition) is 3. The molecule has 0 aromatic rings. The molecule has 1 rings (SSSR count). The van der Waals surface area contributed by atoms with Crippen molar-refractivity contribution >= 4 is 5.91 Å². The van der Waals surface area contributed by atoms with E-state index in [2.05, 4.69) is 31.0 Å². The fourth-order valence-corrected chi connectivity index (χ4v) is 3.42. The number of amides is 1. The molecule has 1 aliphatic carbocycles. The molecule has 0 radical (unpaired) electrons.